The Balaban J connectivity index is 2.73. The van der Waals surface area contributed by atoms with Crippen LogP contribution in [-0.2, 0) is 4.79 Å². The van der Waals surface area contributed by atoms with Gasteiger partial charge in [-0.3, -0.25) is 0 Å². The summed E-state index contributed by atoms with van der Waals surface area (Å²) in [5.41, 5.74) is 1.40. The van der Waals surface area contributed by atoms with Gasteiger partial charge in [0.2, 0.25) is 0 Å². The minimum absolute atomic E-state index is 0.398. The Morgan fingerprint density at radius 2 is 2.00 bits per heavy atom. The normalized spacial score (nSPS) is 11.8. The molecule has 0 amide bonds. The van der Waals surface area contributed by atoms with Gasteiger partial charge in [-0.1, -0.05) is 37.3 Å². The summed E-state index contributed by atoms with van der Waals surface area (Å²) in [5.74, 6) is -0.0654. The molecule has 3 nitrogen and oxygen atoms in total. The van der Waals surface area contributed by atoms with E-state index in [2.05, 4.69) is 0 Å². The molecule has 0 spiro atoms. The summed E-state index contributed by atoms with van der Waals surface area (Å²) in [6.07, 6.45) is 5.74. The third-order valence-corrected chi connectivity index (χ3v) is 2.36. The Morgan fingerprint density at radius 1 is 1.35 bits per heavy atom. The summed E-state index contributed by atoms with van der Waals surface area (Å²) in [5, 5.41) is 8.82. The molecule has 0 bridgehead atoms. The van der Waals surface area contributed by atoms with Crippen molar-refractivity contribution in [3.63, 3.8) is 0 Å². The zero-order valence-corrected chi connectivity index (χ0v) is 10.0. The van der Waals surface area contributed by atoms with Gasteiger partial charge in [-0.15, -0.1) is 0 Å². The zero-order chi connectivity index (χ0) is 12.7. The van der Waals surface area contributed by atoms with Gasteiger partial charge < -0.3 is 9.84 Å². The number of hydrogen-bond donors (Lipinski definition) is 1. The van der Waals surface area contributed by atoms with Crippen molar-refractivity contribution >= 4 is 12.0 Å². The van der Waals surface area contributed by atoms with Crippen molar-refractivity contribution in [3.05, 3.63) is 47.6 Å². The first-order chi connectivity index (χ1) is 8.17. The lowest BCUT2D eigenvalue weighted by Crippen LogP contribution is -1.97. The molecule has 0 aromatic heterocycles. The van der Waals surface area contributed by atoms with Gasteiger partial charge in [0.15, 0.2) is 0 Å². The summed E-state index contributed by atoms with van der Waals surface area (Å²) in [7, 11) is 1.62. The highest BCUT2D eigenvalue weighted by molar-refractivity contribution is 5.87. The number of allylic oxidation sites excluding steroid dienone is 2. The summed E-state index contributed by atoms with van der Waals surface area (Å²) < 4.78 is 5.05. The minimum atomic E-state index is -0.869. The van der Waals surface area contributed by atoms with Crippen LogP contribution in [-0.4, -0.2) is 18.2 Å². The minimum Gasteiger partial charge on any atom is -0.497 e. The van der Waals surface area contributed by atoms with Crippen molar-refractivity contribution in [3.8, 4) is 5.75 Å². The molecule has 17 heavy (non-hydrogen) atoms. The fourth-order valence-corrected chi connectivity index (χ4v) is 1.33. The molecule has 1 N–H and O–H groups in total. The number of ether oxygens (including phenoxy) is 1. The first-order valence-electron chi connectivity index (χ1n) is 5.42. The molecular weight excluding hydrogens is 216 g/mol. The summed E-state index contributed by atoms with van der Waals surface area (Å²) in [4.78, 5) is 10.7. The number of aliphatic carboxylic acids is 1. The molecule has 0 heterocycles. The topological polar surface area (TPSA) is 46.5 Å². The average Bonchev–Trinajstić information content (AvgIpc) is 2.35. The second-order valence-electron chi connectivity index (χ2n) is 3.48. The fourth-order valence-electron chi connectivity index (χ4n) is 1.33. The predicted molar refractivity (Wildman–Crippen MR) is 68.0 cm³/mol. The molecular formula is C14H16O3. The van der Waals surface area contributed by atoms with Crippen LogP contribution in [0.5, 0.6) is 5.75 Å². The van der Waals surface area contributed by atoms with E-state index in [-0.39, 0.29) is 0 Å². The monoisotopic (exact) mass is 232 g/mol. The van der Waals surface area contributed by atoms with E-state index >= 15 is 0 Å². The van der Waals surface area contributed by atoms with Crippen LogP contribution in [0.2, 0.25) is 0 Å². The number of carboxylic acids is 1. The second-order valence-corrected chi connectivity index (χ2v) is 3.48. The van der Waals surface area contributed by atoms with Gasteiger partial charge in [0.25, 0.3) is 0 Å². The van der Waals surface area contributed by atoms with Gasteiger partial charge >= 0.3 is 5.97 Å². The first kappa shape index (κ1) is 13.0. The number of carboxylic acid groups (broad SMARTS) is 1. The molecule has 0 aliphatic carbocycles. The van der Waals surface area contributed by atoms with Gasteiger partial charge in [-0.05, 0) is 24.1 Å². The maximum Gasteiger partial charge on any atom is 0.331 e. The van der Waals surface area contributed by atoms with E-state index in [9.17, 15) is 4.79 Å². The molecule has 90 valence electrons. The summed E-state index contributed by atoms with van der Waals surface area (Å²) >= 11 is 0. The number of carbonyl (C=O) groups is 1. The standard InChI is InChI=1S/C14H16O3/c1-3-12(14(15)16)6-4-5-11-7-9-13(17-2)10-8-11/h4-10H,3H2,1-2H3,(H,15,16). The van der Waals surface area contributed by atoms with E-state index in [4.69, 9.17) is 9.84 Å². The van der Waals surface area contributed by atoms with Crippen LogP contribution in [0.4, 0.5) is 0 Å². The zero-order valence-electron chi connectivity index (χ0n) is 10.0. The molecule has 0 saturated heterocycles. The quantitative estimate of drug-likeness (QED) is 0.626. The Bertz CT molecular complexity index is 427. The third kappa shape index (κ3) is 4.15. The van der Waals surface area contributed by atoms with Gasteiger partial charge in [-0.2, -0.15) is 0 Å². The van der Waals surface area contributed by atoms with Crippen molar-refractivity contribution in [2.45, 2.75) is 13.3 Å². The molecule has 1 aromatic rings. The van der Waals surface area contributed by atoms with Crippen molar-refractivity contribution in [1.82, 2.24) is 0 Å². The lowest BCUT2D eigenvalue weighted by Gasteiger charge is -1.98. The van der Waals surface area contributed by atoms with Crippen molar-refractivity contribution in [2.24, 2.45) is 0 Å². The van der Waals surface area contributed by atoms with Crippen molar-refractivity contribution < 1.29 is 14.6 Å². The highest BCUT2D eigenvalue weighted by Crippen LogP contribution is 2.12. The lowest BCUT2D eigenvalue weighted by atomic mass is 10.1. The van der Waals surface area contributed by atoms with Crippen LogP contribution in [0.15, 0.2) is 42.0 Å². The molecule has 0 aliphatic heterocycles. The number of benzene rings is 1. The number of hydrogen-bond acceptors (Lipinski definition) is 2. The SMILES string of the molecule is CCC(=CC=Cc1ccc(OC)cc1)C(=O)O. The Morgan fingerprint density at radius 3 is 2.47 bits per heavy atom. The van der Waals surface area contributed by atoms with E-state index in [1.165, 1.54) is 0 Å². The third-order valence-electron chi connectivity index (χ3n) is 2.36. The average molecular weight is 232 g/mol. The van der Waals surface area contributed by atoms with Crippen LogP contribution < -0.4 is 4.74 Å². The van der Waals surface area contributed by atoms with Crippen molar-refractivity contribution in [2.75, 3.05) is 7.11 Å². The molecule has 3 heteroatoms. The van der Waals surface area contributed by atoms with Gasteiger partial charge in [0, 0.05) is 5.57 Å². The van der Waals surface area contributed by atoms with Crippen molar-refractivity contribution in [1.29, 1.82) is 0 Å². The fraction of sp³-hybridized carbons (Fsp3) is 0.214. The second kappa shape index (κ2) is 6.53. The molecule has 0 saturated carbocycles. The lowest BCUT2D eigenvalue weighted by molar-refractivity contribution is -0.132. The Labute approximate surface area is 101 Å². The molecule has 0 fully saturated rings. The van der Waals surface area contributed by atoms with Gasteiger partial charge in [0.1, 0.15) is 5.75 Å². The molecule has 0 aliphatic rings. The molecule has 0 atom stereocenters. The molecule has 1 rings (SSSR count). The van der Waals surface area contributed by atoms with E-state index in [0.717, 1.165) is 11.3 Å². The summed E-state index contributed by atoms with van der Waals surface area (Å²) in [6.45, 7) is 1.82. The van der Waals surface area contributed by atoms with E-state index in [1.807, 2.05) is 37.3 Å². The van der Waals surface area contributed by atoms with E-state index in [1.54, 1.807) is 19.3 Å². The maximum atomic E-state index is 10.7. The van der Waals surface area contributed by atoms with Crippen LogP contribution in [0.1, 0.15) is 18.9 Å². The van der Waals surface area contributed by atoms with Gasteiger partial charge in [-0.25, -0.2) is 4.79 Å². The van der Waals surface area contributed by atoms with Crippen LogP contribution >= 0.6 is 0 Å². The number of rotatable bonds is 5. The van der Waals surface area contributed by atoms with Gasteiger partial charge in [0.05, 0.1) is 7.11 Å². The highest BCUT2D eigenvalue weighted by atomic mass is 16.5. The highest BCUT2D eigenvalue weighted by Gasteiger charge is 2.00. The van der Waals surface area contributed by atoms with E-state index in [0.29, 0.717) is 12.0 Å². The smallest absolute Gasteiger partial charge is 0.331 e. The Kier molecular flexibility index (Phi) is 5.01. The predicted octanol–water partition coefficient (Wildman–Crippen LogP) is 3.13. The van der Waals surface area contributed by atoms with E-state index < -0.39 is 5.97 Å². The molecule has 1 aromatic carbocycles. The molecule has 0 radical (unpaired) electrons. The first-order valence-corrected chi connectivity index (χ1v) is 5.42. The van der Waals surface area contributed by atoms with Crippen LogP contribution in [0, 0.1) is 0 Å². The number of methoxy groups -OCH3 is 1. The van der Waals surface area contributed by atoms with Crippen LogP contribution in [0.3, 0.4) is 0 Å². The van der Waals surface area contributed by atoms with Crippen LogP contribution in [0.25, 0.3) is 6.08 Å². The maximum absolute atomic E-state index is 10.7. The Hall–Kier alpha value is -2.03. The molecule has 0 unspecified atom stereocenters. The largest absolute Gasteiger partial charge is 0.497 e. The summed E-state index contributed by atoms with van der Waals surface area (Å²) in [6, 6.07) is 7.55.